The van der Waals surface area contributed by atoms with E-state index in [1.54, 1.807) is 12.1 Å². The van der Waals surface area contributed by atoms with E-state index in [-0.39, 0.29) is 11.4 Å². The number of carbonyl (C=O) groups is 1. The third-order valence-corrected chi connectivity index (χ3v) is 6.40. The number of halogens is 2. The molecule has 2 N–H and O–H groups in total. The molecule has 5 nitrogen and oxygen atoms in total. The third-order valence-electron chi connectivity index (χ3n) is 3.07. The van der Waals surface area contributed by atoms with Gasteiger partial charge in [0.2, 0.25) is 15.9 Å². The molecule has 1 aliphatic rings. The zero-order valence-corrected chi connectivity index (χ0v) is 13.8. The normalized spacial score (nSPS) is 20.6. The van der Waals surface area contributed by atoms with E-state index in [1.165, 1.54) is 10.4 Å². The first-order chi connectivity index (χ1) is 8.82. The lowest BCUT2D eigenvalue weighted by Crippen LogP contribution is -2.32. The van der Waals surface area contributed by atoms with Crippen LogP contribution in [0.4, 0.5) is 0 Å². The van der Waals surface area contributed by atoms with Crippen molar-refractivity contribution >= 4 is 47.8 Å². The van der Waals surface area contributed by atoms with Crippen LogP contribution >= 0.6 is 31.9 Å². The summed E-state index contributed by atoms with van der Waals surface area (Å²) in [6.45, 7) is 0.471. The molecule has 0 aromatic heterocycles. The molecule has 2 rings (SSSR count). The van der Waals surface area contributed by atoms with E-state index >= 15 is 0 Å². The molecular weight excluding hydrogens is 400 g/mol. The van der Waals surface area contributed by atoms with Crippen molar-refractivity contribution in [2.45, 2.75) is 11.3 Å². The molecule has 1 atom stereocenters. The summed E-state index contributed by atoms with van der Waals surface area (Å²) >= 11 is 6.52. The molecule has 0 radical (unpaired) electrons. The number of hydrogen-bond donors (Lipinski definition) is 1. The van der Waals surface area contributed by atoms with Gasteiger partial charge in [-0.2, -0.15) is 4.31 Å². The van der Waals surface area contributed by atoms with Crippen LogP contribution in [0.25, 0.3) is 0 Å². The average molecular weight is 412 g/mol. The fourth-order valence-corrected chi connectivity index (χ4v) is 5.21. The Hall–Kier alpha value is -0.440. The minimum atomic E-state index is -3.59. The Morgan fingerprint density at radius 2 is 2.05 bits per heavy atom. The van der Waals surface area contributed by atoms with Gasteiger partial charge in [0.1, 0.15) is 0 Å². The van der Waals surface area contributed by atoms with Gasteiger partial charge in [0.05, 0.1) is 10.8 Å². The summed E-state index contributed by atoms with van der Waals surface area (Å²) in [6.07, 6.45) is 0.475. The van der Waals surface area contributed by atoms with E-state index in [0.717, 1.165) is 4.47 Å². The van der Waals surface area contributed by atoms with E-state index in [0.29, 0.717) is 17.4 Å². The number of hydrogen-bond acceptors (Lipinski definition) is 3. The van der Waals surface area contributed by atoms with Crippen LogP contribution < -0.4 is 5.73 Å². The highest BCUT2D eigenvalue weighted by Crippen LogP contribution is 2.30. The summed E-state index contributed by atoms with van der Waals surface area (Å²) in [6, 6.07) is 4.87. The van der Waals surface area contributed by atoms with Gasteiger partial charge in [-0.1, -0.05) is 15.9 Å². The van der Waals surface area contributed by atoms with Gasteiger partial charge in [0.15, 0.2) is 0 Å². The molecule has 0 saturated carbocycles. The van der Waals surface area contributed by atoms with Crippen LogP contribution in [0.5, 0.6) is 0 Å². The summed E-state index contributed by atoms with van der Waals surface area (Å²) in [7, 11) is -3.59. The van der Waals surface area contributed by atoms with Crippen LogP contribution in [-0.2, 0) is 14.8 Å². The molecule has 1 aliphatic heterocycles. The lowest BCUT2D eigenvalue weighted by Gasteiger charge is -2.17. The second-order valence-electron chi connectivity index (χ2n) is 4.33. The first kappa shape index (κ1) is 15.0. The predicted molar refractivity (Wildman–Crippen MR) is 77.9 cm³/mol. The number of rotatable bonds is 3. The molecule has 0 spiro atoms. The van der Waals surface area contributed by atoms with Crippen LogP contribution in [0.2, 0.25) is 0 Å². The highest BCUT2D eigenvalue weighted by atomic mass is 79.9. The van der Waals surface area contributed by atoms with Crippen molar-refractivity contribution in [1.82, 2.24) is 4.31 Å². The van der Waals surface area contributed by atoms with Gasteiger partial charge in [-0.05, 0) is 40.5 Å². The maximum absolute atomic E-state index is 12.5. The average Bonchev–Trinajstić information content (AvgIpc) is 2.78. The first-order valence-corrected chi connectivity index (χ1v) is 8.59. The zero-order valence-electron chi connectivity index (χ0n) is 9.84. The van der Waals surface area contributed by atoms with Gasteiger partial charge in [0.25, 0.3) is 0 Å². The molecule has 0 bridgehead atoms. The van der Waals surface area contributed by atoms with Gasteiger partial charge >= 0.3 is 0 Å². The van der Waals surface area contributed by atoms with Gasteiger partial charge in [-0.25, -0.2) is 8.42 Å². The number of carbonyl (C=O) groups excluding carboxylic acids is 1. The number of nitrogens with zero attached hydrogens (tertiary/aromatic N) is 1. The molecule has 19 heavy (non-hydrogen) atoms. The zero-order chi connectivity index (χ0) is 14.2. The molecule has 1 aromatic carbocycles. The molecular formula is C11H12Br2N2O3S. The van der Waals surface area contributed by atoms with Crippen LogP contribution in [0.15, 0.2) is 32.0 Å². The fourth-order valence-electron chi connectivity index (χ4n) is 2.00. The van der Waals surface area contributed by atoms with Gasteiger partial charge < -0.3 is 5.73 Å². The highest BCUT2D eigenvalue weighted by Gasteiger charge is 2.35. The Labute approximate surface area is 128 Å². The van der Waals surface area contributed by atoms with E-state index in [1.807, 2.05) is 0 Å². The summed E-state index contributed by atoms with van der Waals surface area (Å²) < 4.78 is 27.5. The maximum atomic E-state index is 12.5. The first-order valence-electron chi connectivity index (χ1n) is 5.57. The summed E-state index contributed by atoms with van der Waals surface area (Å²) in [4.78, 5) is 11.3. The van der Waals surface area contributed by atoms with Crippen molar-refractivity contribution in [1.29, 1.82) is 0 Å². The maximum Gasteiger partial charge on any atom is 0.244 e. The molecule has 1 aromatic rings. The summed E-state index contributed by atoms with van der Waals surface area (Å²) in [5.74, 6) is -0.850. The second-order valence-corrected chi connectivity index (χ2v) is 8.00. The quantitative estimate of drug-likeness (QED) is 0.821. The Kier molecular flexibility index (Phi) is 4.34. The predicted octanol–water partition coefficient (Wildman–Crippen LogP) is 1.71. The van der Waals surface area contributed by atoms with Crippen molar-refractivity contribution in [2.75, 3.05) is 13.1 Å². The summed E-state index contributed by atoms with van der Waals surface area (Å²) in [5.41, 5.74) is 5.22. The fraction of sp³-hybridized carbons (Fsp3) is 0.364. The van der Waals surface area contributed by atoms with Gasteiger partial charge in [-0.3, -0.25) is 4.79 Å². The molecule has 0 aliphatic carbocycles. The Morgan fingerprint density at radius 1 is 1.37 bits per heavy atom. The molecule has 1 saturated heterocycles. The van der Waals surface area contributed by atoms with Crippen molar-refractivity contribution in [3.63, 3.8) is 0 Å². The minimum Gasteiger partial charge on any atom is -0.369 e. The van der Waals surface area contributed by atoms with E-state index in [2.05, 4.69) is 31.9 Å². The van der Waals surface area contributed by atoms with E-state index in [9.17, 15) is 13.2 Å². The van der Waals surface area contributed by atoms with Crippen molar-refractivity contribution in [3.8, 4) is 0 Å². The topological polar surface area (TPSA) is 80.5 Å². The Balaban J connectivity index is 2.31. The largest absolute Gasteiger partial charge is 0.369 e. The number of nitrogens with two attached hydrogens (primary N) is 1. The molecule has 104 valence electrons. The number of benzene rings is 1. The van der Waals surface area contributed by atoms with Crippen molar-refractivity contribution in [2.24, 2.45) is 11.7 Å². The van der Waals surface area contributed by atoms with Crippen LogP contribution in [0, 0.1) is 5.92 Å². The SMILES string of the molecule is NC(=O)C1CCN(S(=O)(=O)c2ccc(Br)cc2Br)C1. The lowest BCUT2D eigenvalue weighted by atomic mass is 10.1. The van der Waals surface area contributed by atoms with Crippen LogP contribution in [-0.4, -0.2) is 31.7 Å². The lowest BCUT2D eigenvalue weighted by molar-refractivity contribution is -0.121. The van der Waals surface area contributed by atoms with Crippen molar-refractivity contribution < 1.29 is 13.2 Å². The van der Waals surface area contributed by atoms with Gasteiger partial charge in [0, 0.05) is 22.0 Å². The minimum absolute atomic E-state index is 0.153. The van der Waals surface area contributed by atoms with Crippen molar-refractivity contribution in [3.05, 3.63) is 27.1 Å². The van der Waals surface area contributed by atoms with Gasteiger partial charge in [-0.15, -0.1) is 0 Å². The molecule has 1 fully saturated rings. The van der Waals surface area contributed by atoms with Crippen LogP contribution in [0.3, 0.4) is 0 Å². The molecule has 1 amide bonds. The number of primary amides is 1. The Morgan fingerprint density at radius 3 is 2.58 bits per heavy atom. The molecule has 1 heterocycles. The summed E-state index contributed by atoms with van der Waals surface area (Å²) in [5, 5.41) is 0. The highest BCUT2D eigenvalue weighted by molar-refractivity contribution is 9.11. The molecule has 1 unspecified atom stereocenters. The van der Waals surface area contributed by atoms with E-state index < -0.39 is 21.8 Å². The standard InChI is InChI=1S/C11H12Br2N2O3S/c12-8-1-2-10(9(13)5-8)19(17,18)15-4-3-7(6-15)11(14)16/h1-2,5,7H,3-4,6H2,(H2,14,16). The second kappa shape index (κ2) is 5.51. The molecule has 8 heteroatoms. The third kappa shape index (κ3) is 3.01. The number of amides is 1. The smallest absolute Gasteiger partial charge is 0.244 e. The monoisotopic (exact) mass is 410 g/mol. The number of sulfonamides is 1. The van der Waals surface area contributed by atoms with Crippen LogP contribution in [0.1, 0.15) is 6.42 Å². The van der Waals surface area contributed by atoms with E-state index in [4.69, 9.17) is 5.73 Å². The Bertz CT molecular complexity index is 618.